The predicted molar refractivity (Wildman–Crippen MR) is 129 cm³/mol. The molecule has 2 aromatic heterocycles. The minimum atomic E-state index is 0.595. The Kier molecular flexibility index (Phi) is 5.00. The summed E-state index contributed by atoms with van der Waals surface area (Å²) in [7, 11) is 2.10. The van der Waals surface area contributed by atoms with Crippen molar-refractivity contribution in [3.05, 3.63) is 83.8 Å². The zero-order valence-corrected chi connectivity index (χ0v) is 18.8. The first-order valence-electron chi connectivity index (χ1n) is 12.0. The van der Waals surface area contributed by atoms with Crippen molar-refractivity contribution in [1.29, 1.82) is 0 Å². The number of aromatic nitrogens is 2. The molecule has 2 aromatic carbocycles. The van der Waals surface area contributed by atoms with Gasteiger partial charge in [0, 0.05) is 36.5 Å². The number of fused-ring (bicyclic) bond motifs is 1. The molecule has 2 nitrogen and oxygen atoms in total. The molecule has 0 unspecified atom stereocenters. The largest absolute Gasteiger partial charge is 0.264 e. The van der Waals surface area contributed by atoms with Gasteiger partial charge in [-0.2, -0.15) is 4.57 Å². The lowest BCUT2D eigenvalue weighted by Gasteiger charge is -2.23. The number of hydrogen-bond donors (Lipinski definition) is 0. The van der Waals surface area contributed by atoms with E-state index in [1.165, 1.54) is 54.5 Å². The zero-order valence-electron chi connectivity index (χ0n) is 19.8. The Bertz CT molecular complexity index is 1290. The van der Waals surface area contributed by atoms with Gasteiger partial charge in [-0.25, -0.2) is 0 Å². The molecule has 5 rings (SSSR count). The number of benzene rings is 2. The summed E-state index contributed by atoms with van der Waals surface area (Å²) in [5.74, 6) is 0.674. The van der Waals surface area contributed by atoms with Crippen molar-refractivity contribution in [2.24, 2.45) is 7.05 Å². The minimum Gasteiger partial charge on any atom is -0.264 e. The standard InChI is InChI=1S/C29H31N2/c1-20-11-12-24(22-8-5-4-6-9-22)18-28(20)29-27-14-13-23(25-10-7-15-30-19-25)17-26(27)16-21(2)31(29)3/h7,10-19,22H,4-6,8-9H2,1-3H3/q+1/i16D. The van der Waals surface area contributed by atoms with Crippen molar-refractivity contribution in [3.63, 3.8) is 0 Å². The summed E-state index contributed by atoms with van der Waals surface area (Å²) in [6, 6.07) is 18.2. The Morgan fingerprint density at radius 2 is 1.81 bits per heavy atom. The van der Waals surface area contributed by atoms with E-state index in [0.717, 1.165) is 27.6 Å². The van der Waals surface area contributed by atoms with Crippen LogP contribution in [0, 0.1) is 13.8 Å². The summed E-state index contributed by atoms with van der Waals surface area (Å²) in [4.78, 5) is 4.28. The lowest BCUT2D eigenvalue weighted by atomic mass is 9.82. The highest BCUT2D eigenvalue weighted by atomic mass is 14.9. The first-order valence-corrected chi connectivity index (χ1v) is 11.5. The Morgan fingerprint density at radius 1 is 0.968 bits per heavy atom. The molecule has 1 saturated carbocycles. The fourth-order valence-corrected chi connectivity index (χ4v) is 5.10. The third-order valence-electron chi connectivity index (χ3n) is 7.02. The Morgan fingerprint density at radius 3 is 2.58 bits per heavy atom. The number of nitrogens with zero attached hydrogens (tertiary/aromatic N) is 2. The molecule has 1 aliphatic carbocycles. The van der Waals surface area contributed by atoms with E-state index in [1.54, 1.807) is 6.20 Å². The summed E-state index contributed by atoms with van der Waals surface area (Å²) >= 11 is 0. The molecule has 156 valence electrons. The summed E-state index contributed by atoms with van der Waals surface area (Å²) in [6.45, 7) is 4.27. The summed E-state index contributed by atoms with van der Waals surface area (Å²) in [5, 5.41) is 2.14. The van der Waals surface area contributed by atoms with Crippen LogP contribution in [-0.4, -0.2) is 4.98 Å². The van der Waals surface area contributed by atoms with Crippen LogP contribution in [0.1, 0.15) is 56.2 Å². The third kappa shape index (κ3) is 3.76. The van der Waals surface area contributed by atoms with Crippen molar-refractivity contribution in [2.45, 2.75) is 51.9 Å². The number of rotatable bonds is 3. The van der Waals surface area contributed by atoms with E-state index >= 15 is 0 Å². The van der Waals surface area contributed by atoms with Crippen LogP contribution in [0.25, 0.3) is 33.2 Å². The van der Waals surface area contributed by atoms with Crippen LogP contribution < -0.4 is 4.57 Å². The molecule has 0 bridgehead atoms. The molecule has 2 heteroatoms. The maximum Gasteiger partial charge on any atom is 0.220 e. The molecule has 1 fully saturated rings. The van der Waals surface area contributed by atoms with E-state index in [4.69, 9.17) is 1.37 Å². The second-order valence-electron chi connectivity index (χ2n) is 9.03. The van der Waals surface area contributed by atoms with Crippen molar-refractivity contribution < 1.29 is 5.94 Å². The van der Waals surface area contributed by atoms with Gasteiger partial charge in [0.2, 0.25) is 5.69 Å². The minimum absolute atomic E-state index is 0.595. The van der Waals surface area contributed by atoms with Gasteiger partial charge in [0.05, 0.1) is 6.76 Å². The molecule has 0 amide bonds. The quantitative estimate of drug-likeness (QED) is 0.332. The van der Waals surface area contributed by atoms with Crippen LogP contribution in [0.5, 0.6) is 0 Å². The van der Waals surface area contributed by atoms with Gasteiger partial charge in [-0.3, -0.25) is 4.98 Å². The second kappa shape index (κ2) is 8.26. The molecule has 0 spiro atoms. The molecule has 1 aliphatic rings. The fourth-order valence-electron chi connectivity index (χ4n) is 5.10. The van der Waals surface area contributed by atoms with E-state index in [-0.39, 0.29) is 0 Å². The van der Waals surface area contributed by atoms with E-state index in [0.29, 0.717) is 12.0 Å². The molecule has 0 radical (unpaired) electrons. The molecular formula is C29H31N2+. The maximum atomic E-state index is 8.87. The van der Waals surface area contributed by atoms with Crippen LogP contribution in [0.15, 0.2) is 67.0 Å². The van der Waals surface area contributed by atoms with E-state index < -0.39 is 0 Å². The zero-order chi connectivity index (χ0) is 22.2. The smallest absolute Gasteiger partial charge is 0.220 e. The average molecular weight is 409 g/mol. The second-order valence-corrected chi connectivity index (χ2v) is 9.03. The number of aryl methyl sites for hydroxylation is 1. The molecule has 0 N–H and O–H groups in total. The van der Waals surface area contributed by atoms with Gasteiger partial charge in [0.1, 0.15) is 7.05 Å². The highest BCUT2D eigenvalue weighted by Gasteiger charge is 2.22. The van der Waals surface area contributed by atoms with Crippen LogP contribution in [0.2, 0.25) is 0 Å². The van der Waals surface area contributed by atoms with Gasteiger partial charge < -0.3 is 0 Å². The summed E-state index contributed by atoms with van der Waals surface area (Å²) < 4.78 is 11.1. The lowest BCUT2D eigenvalue weighted by Crippen LogP contribution is -2.35. The molecule has 31 heavy (non-hydrogen) atoms. The first kappa shape index (κ1) is 18.7. The van der Waals surface area contributed by atoms with Crippen LogP contribution in [-0.2, 0) is 7.05 Å². The van der Waals surface area contributed by atoms with E-state index in [1.807, 2.05) is 12.3 Å². The maximum absolute atomic E-state index is 8.87. The molecule has 0 saturated heterocycles. The first-order chi connectivity index (χ1) is 15.5. The van der Waals surface area contributed by atoms with Crippen molar-refractivity contribution in [3.8, 4) is 22.4 Å². The lowest BCUT2D eigenvalue weighted by molar-refractivity contribution is -0.665. The monoisotopic (exact) mass is 408 g/mol. The van der Waals surface area contributed by atoms with Crippen LogP contribution in [0.4, 0.5) is 0 Å². The molecule has 2 heterocycles. The van der Waals surface area contributed by atoms with Crippen molar-refractivity contribution >= 4 is 10.8 Å². The highest BCUT2D eigenvalue weighted by molar-refractivity contribution is 5.96. The Labute approximate surface area is 187 Å². The number of pyridine rings is 2. The molecule has 0 atom stereocenters. The molecule has 4 aromatic rings. The van der Waals surface area contributed by atoms with Crippen LogP contribution in [0.3, 0.4) is 0 Å². The summed E-state index contributed by atoms with van der Waals surface area (Å²) in [5.41, 5.74) is 8.42. The Balaban J connectivity index is 1.72. The average Bonchev–Trinajstić information content (AvgIpc) is 2.85. The Hall–Kier alpha value is -3.00. The van der Waals surface area contributed by atoms with Gasteiger partial charge in [-0.15, -0.1) is 0 Å². The van der Waals surface area contributed by atoms with Crippen LogP contribution >= 0.6 is 0 Å². The van der Waals surface area contributed by atoms with Crippen molar-refractivity contribution in [1.82, 2.24) is 4.98 Å². The fraction of sp³-hybridized carbons (Fsp3) is 0.310. The van der Waals surface area contributed by atoms with Gasteiger partial charge in [0.15, 0.2) is 5.69 Å². The number of hydrogen-bond acceptors (Lipinski definition) is 1. The van der Waals surface area contributed by atoms with Gasteiger partial charge in [-0.05, 0) is 72.0 Å². The van der Waals surface area contributed by atoms with Gasteiger partial charge in [0.25, 0.3) is 0 Å². The molecular weight excluding hydrogens is 376 g/mol. The summed E-state index contributed by atoms with van der Waals surface area (Å²) in [6.07, 6.45) is 10.3. The molecule has 0 aliphatic heterocycles. The highest BCUT2D eigenvalue weighted by Crippen LogP contribution is 2.37. The van der Waals surface area contributed by atoms with Gasteiger partial charge >= 0.3 is 0 Å². The SMILES string of the molecule is [2H]c1c(C)[n+](C)c(-c2cc(C3CCCCC3)ccc2C)c2ccc(-c3cccnc3)cc12. The van der Waals surface area contributed by atoms with E-state index in [9.17, 15) is 0 Å². The topological polar surface area (TPSA) is 16.8 Å². The van der Waals surface area contributed by atoms with Gasteiger partial charge in [-0.1, -0.05) is 43.5 Å². The normalized spacial score (nSPS) is 15.3. The van der Waals surface area contributed by atoms with E-state index in [2.05, 4.69) is 72.9 Å². The van der Waals surface area contributed by atoms with Crippen molar-refractivity contribution in [2.75, 3.05) is 0 Å². The third-order valence-corrected chi connectivity index (χ3v) is 7.02. The predicted octanol–water partition coefficient (Wildman–Crippen LogP) is 7.06.